The number of carboxylic acid groups (broad SMARTS) is 1. The highest BCUT2D eigenvalue weighted by Gasteiger charge is 2.31. The zero-order valence-corrected chi connectivity index (χ0v) is 17.5. The molecule has 1 heterocycles. The molecule has 6 nitrogen and oxygen atoms in total. The molecule has 3 aromatic rings. The normalized spacial score (nSPS) is 12.0. The lowest BCUT2D eigenvalue weighted by Crippen LogP contribution is -2.18. The van der Waals surface area contributed by atoms with Gasteiger partial charge in [0.25, 0.3) is 0 Å². The standard InChI is InChI=1S/C23H20F4N2O4/c1-2-32-28-21(16-4-3-5-19(11-16)33-23(25,26)27)14-29-12-17(20(13-29)22(30)31)10-15-6-8-18(24)9-7-15/h3-9,11-13H,2,10,14H2,1H3,(H,30,31)/b28-21+. The monoisotopic (exact) mass is 464 g/mol. The van der Waals surface area contributed by atoms with Crippen molar-refractivity contribution in [2.24, 2.45) is 5.16 Å². The molecule has 1 N–H and O–H groups in total. The molecule has 0 aliphatic carbocycles. The number of alkyl halides is 3. The Morgan fingerprint density at radius 3 is 2.48 bits per heavy atom. The van der Waals surface area contributed by atoms with E-state index in [0.717, 1.165) is 11.6 Å². The molecule has 0 bridgehead atoms. The Bertz CT molecular complexity index is 1140. The van der Waals surface area contributed by atoms with Crippen molar-refractivity contribution < 1.29 is 37.0 Å². The van der Waals surface area contributed by atoms with Crippen LogP contribution in [0.4, 0.5) is 17.6 Å². The number of benzene rings is 2. The Hall–Kier alpha value is -3.82. The van der Waals surface area contributed by atoms with Crippen LogP contribution in [0.5, 0.6) is 5.75 Å². The van der Waals surface area contributed by atoms with E-state index in [0.29, 0.717) is 11.1 Å². The van der Waals surface area contributed by atoms with Gasteiger partial charge in [-0.1, -0.05) is 29.4 Å². The van der Waals surface area contributed by atoms with Crippen LogP contribution in [0.2, 0.25) is 0 Å². The average molecular weight is 464 g/mol. The van der Waals surface area contributed by atoms with Crippen LogP contribution in [0.1, 0.15) is 34.0 Å². The highest BCUT2D eigenvalue weighted by Crippen LogP contribution is 2.24. The summed E-state index contributed by atoms with van der Waals surface area (Å²) < 4.78 is 56.5. The third kappa shape index (κ3) is 6.83. The number of ether oxygens (including phenoxy) is 1. The minimum atomic E-state index is -4.85. The molecule has 2 aromatic carbocycles. The fraction of sp³-hybridized carbons (Fsp3) is 0.217. The van der Waals surface area contributed by atoms with Gasteiger partial charge in [-0.25, -0.2) is 9.18 Å². The van der Waals surface area contributed by atoms with Gasteiger partial charge in [-0.05, 0) is 48.7 Å². The van der Waals surface area contributed by atoms with Crippen molar-refractivity contribution in [1.82, 2.24) is 4.57 Å². The van der Waals surface area contributed by atoms with Gasteiger partial charge >= 0.3 is 12.3 Å². The molecule has 0 aliphatic heterocycles. The number of aromatic carboxylic acids is 1. The summed E-state index contributed by atoms with van der Waals surface area (Å²) in [5, 5.41) is 13.6. The van der Waals surface area contributed by atoms with Gasteiger partial charge in [0.2, 0.25) is 0 Å². The summed E-state index contributed by atoms with van der Waals surface area (Å²) in [6.45, 7) is 1.95. The van der Waals surface area contributed by atoms with Crippen molar-refractivity contribution in [1.29, 1.82) is 0 Å². The van der Waals surface area contributed by atoms with E-state index >= 15 is 0 Å². The quantitative estimate of drug-likeness (QED) is 0.267. The summed E-state index contributed by atoms with van der Waals surface area (Å²) in [5.41, 5.74) is 1.83. The molecular formula is C23H20F4N2O4. The van der Waals surface area contributed by atoms with Crippen LogP contribution in [0.3, 0.4) is 0 Å². The Morgan fingerprint density at radius 1 is 1.12 bits per heavy atom. The van der Waals surface area contributed by atoms with Crippen molar-refractivity contribution in [3.05, 3.63) is 89.0 Å². The van der Waals surface area contributed by atoms with E-state index in [9.17, 15) is 27.5 Å². The molecule has 10 heteroatoms. The van der Waals surface area contributed by atoms with Gasteiger partial charge in [0.1, 0.15) is 23.9 Å². The van der Waals surface area contributed by atoms with Crippen LogP contribution >= 0.6 is 0 Å². The first-order valence-corrected chi connectivity index (χ1v) is 9.86. The van der Waals surface area contributed by atoms with Gasteiger partial charge in [-0.15, -0.1) is 13.2 Å². The Balaban J connectivity index is 1.90. The van der Waals surface area contributed by atoms with Gasteiger partial charge in [0, 0.05) is 18.0 Å². The maximum Gasteiger partial charge on any atom is 0.573 e. The minimum absolute atomic E-state index is 0.0270. The Labute approximate surface area is 186 Å². The Morgan fingerprint density at radius 2 is 1.85 bits per heavy atom. The average Bonchev–Trinajstić information content (AvgIpc) is 3.14. The number of nitrogens with zero attached hydrogens (tertiary/aromatic N) is 2. The number of aromatic nitrogens is 1. The molecule has 0 aliphatic rings. The van der Waals surface area contributed by atoms with Gasteiger partial charge < -0.3 is 19.2 Å². The molecule has 0 atom stereocenters. The number of rotatable bonds is 9. The third-order valence-electron chi connectivity index (χ3n) is 4.54. The number of carbonyl (C=O) groups is 1. The summed E-state index contributed by atoms with van der Waals surface area (Å²) in [7, 11) is 0. The first-order valence-electron chi connectivity index (χ1n) is 9.86. The molecule has 0 unspecified atom stereocenters. The van der Waals surface area contributed by atoms with E-state index in [1.165, 1.54) is 30.5 Å². The number of oxime groups is 1. The van der Waals surface area contributed by atoms with Crippen LogP contribution in [0.25, 0.3) is 0 Å². The third-order valence-corrected chi connectivity index (χ3v) is 4.54. The molecular weight excluding hydrogens is 444 g/mol. The second-order valence-electron chi connectivity index (χ2n) is 7.01. The van der Waals surface area contributed by atoms with Gasteiger partial charge in [0.05, 0.1) is 12.1 Å². The molecule has 0 fully saturated rings. The molecule has 0 spiro atoms. The second kappa shape index (κ2) is 10.2. The van der Waals surface area contributed by atoms with E-state index < -0.39 is 23.9 Å². The largest absolute Gasteiger partial charge is 0.573 e. The summed E-state index contributed by atoms with van der Waals surface area (Å²) in [4.78, 5) is 16.8. The van der Waals surface area contributed by atoms with E-state index in [2.05, 4.69) is 9.89 Å². The lowest BCUT2D eigenvalue weighted by Gasteiger charge is -2.12. The lowest BCUT2D eigenvalue weighted by atomic mass is 10.0. The number of halogens is 4. The molecule has 0 radical (unpaired) electrons. The molecule has 33 heavy (non-hydrogen) atoms. The Kier molecular flexibility index (Phi) is 7.37. The summed E-state index contributed by atoms with van der Waals surface area (Å²) >= 11 is 0. The molecule has 0 saturated carbocycles. The van der Waals surface area contributed by atoms with Crippen molar-refractivity contribution in [2.75, 3.05) is 6.61 Å². The highest BCUT2D eigenvalue weighted by atomic mass is 19.4. The minimum Gasteiger partial charge on any atom is -0.478 e. The van der Waals surface area contributed by atoms with E-state index in [1.807, 2.05) is 0 Å². The summed E-state index contributed by atoms with van der Waals surface area (Å²) in [5.74, 6) is -1.96. The van der Waals surface area contributed by atoms with Crippen molar-refractivity contribution in [3.63, 3.8) is 0 Å². The summed E-state index contributed by atoms with van der Waals surface area (Å²) in [6, 6.07) is 11.0. The van der Waals surface area contributed by atoms with Crippen molar-refractivity contribution in [2.45, 2.75) is 26.3 Å². The van der Waals surface area contributed by atoms with E-state index in [4.69, 9.17) is 4.84 Å². The zero-order chi connectivity index (χ0) is 24.0. The SMILES string of the molecule is CCO/N=C(\Cn1cc(Cc2ccc(F)cc2)c(C(=O)O)c1)c1cccc(OC(F)(F)F)c1. The van der Waals surface area contributed by atoms with E-state index in [-0.39, 0.29) is 30.8 Å². The predicted molar refractivity (Wildman–Crippen MR) is 112 cm³/mol. The number of carboxylic acids is 1. The van der Waals surface area contributed by atoms with Crippen LogP contribution in [-0.2, 0) is 17.8 Å². The lowest BCUT2D eigenvalue weighted by molar-refractivity contribution is -0.274. The van der Waals surface area contributed by atoms with Crippen LogP contribution in [0, 0.1) is 5.82 Å². The molecule has 0 amide bonds. The molecule has 3 rings (SSSR count). The molecule has 174 valence electrons. The van der Waals surface area contributed by atoms with Crippen LogP contribution < -0.4 is 4.74 Å². The van der Waals surface area contributed by atoms with Crippen LogP contribution in [0.15, 0.2) is 66.1 Å². The topological polar surface area (TPSA) is 73.1 Å². The van der Waals surface area contributed by atoms with Gasteiger partial charge in [-0.3, -0.25) is 0 Å². The maximum absolute atomic E-state index is 13.2. The molecule has 1 aromatic heterocycles. The second-order valence-corrected chi connectivity index (χ2v) is 7.01. The predicted octanol–water partition coefficient (Wildman–Crippen LogP) is 5.26. The first kappa shape index (κ1) is 23.8. The maximum atomic E-state index is 13.2. The van der Waals surface area contributed by atoms with Crippen LogP contribution in [-0.4, -0.2) is 34.3 Å². The fourth-order valence-corrected chi connectivity index (χ4v) is 3.16. The number of hydrogen-bond donors (Lipinski definition) is 1. The van der Waals surface area contributed by atoms with Crippen molar-refractivity contribution >= 4 is 11.7 Å². The number of hydrogen-bond acceptors (Lipinski definition) is 4. The van der Waals surface area contributed by atoms with Gasteiger partial charge in [0.15, 0.2) is 0 Å². The van der Waals surface area contributed by atoms with Gasteiger partial charge in [-0.2, -0.15) is 0 Å². The van der Waals surface area contributed by atoms with Crippen molar-refractivity contribution in [3.8, 4) is 5.75 Å². The van der Waals surface area contributed by atoms with E-state index in [1.54, 1.807) is 35.9 Å². The fourth-order valence-electron chi connectivity index (χ4n) is 3.16. The smallest absolute Gasteiger partial charge is 0.478 e. The zero-order valence-electron chi connectivity index (χ0n) is 17.5. The first-order chi connectivity index (χ1) is 15.6. The molecule has 0 saturated heterocycles. The summed E-state index contributed by atoms with van der Waals surface area (Å²) in [6.07, 6.45) is -1.59. The highest BCUT2D eigenvalue weighted by molar-refractivity contribution is 6.00.